The van der Waals surface area contributed by atoms with Crippen molar-refractivity contribution in [1.29, 1.82) is 0 Å². The van der Waals surface area contributed by atoms with Gasteiger partial charge >= 0.3 is 0 Å². The van der Waals surface area contributed by atoms with E-state index in [9.17, 15) is 19.5 Å². The van der Waals surface area contributed by atoms with Crippen molar-refractivity contribution in [3.8, 4) is 0 Å². The summed E-state index contributed by atoms with van der Waals surface area (Å²) in [5.41, 5.74) is -0.996. The molecule has 1 spiro atoms. The average molecular weight is 566 g/mol. The number of fused-ring (bicyclic) bond motifs is 1. The van der Waals surface area contributed by atoms with Gasteiger partial charge in [0.1, 0.15) is 11.6 Å². The number of nitrogens with zero attached hydrogens (tertiary/aromatic N) is 3. The first-order chi connectivity index (χ1) is 19.7. The molecule has 2 bridgehead atoms. The second kappa shape index (κ2) is 12.5. The van der Waals surface area contributed by atoms with E-state index < -0.39 is 35.1 Å². The summed E-state index contributed by atoms with van der Waals surface area (Å²) in [5.74, 6) is -2.22. The van der Waals surface area contributed by atoms with Crippen LogP contribution in [0.4, 0.5) is 0 Å². The molecule has 1 N–H and O–H groups in total. The van der Waals surface area contributed by atoms with E-state index in [1.807, 2.05) is 58.0 Å². The van der Waals surface area contributed by atoms with Crippen molar-refractivity contribution in [3.63, 3.8) is 0 Å². The summed E-state index contributed by atoms with van der Waals surface area (Å²) in [5, 5.41) is 10.5. The van der Waals surface area contributed by atoms with Crippen LogP contribution in [0.2, 0.25) is 0 Å². The Bertz CT molecular complexity index is 1140. The minimum absolute atomic E-state index is 0.111. The van der Waals surface area contributed by atoms with Crippen molar-refractivity contribution in [1.82, 2.24) is 14.7 Å². The lowest BCUT2D eigenvalue weighted by Gasteiger charge is -2.40. The van der Waals surface area contributed by atoms with E-state index in [-0.39, 0.29) is 30.2 Å². The fourth-order valence-electron chi connectivity index (χ4n) is 7.57. The zero-order chi connectivity index (χ0) is 29.9. The zero-order valence-corrected chi connectivity index (χ0v) is 25.1. The number of hydrogen-bond acceptors (Lipinski definition) is 5. The number of hydrogen-bond donors (Lipinski definition) is 1. The number of ether oxygens (including phenoxy) is 1. The molecule has 3 amide bonds. The van der Waals surface area contributed by atoms with Crippen molar-refractivity contribution >= 4 is 17.7 Å². The van der Waals surface area contributed by atoms with Gasteiger partial charge in [-0.3, -0.25) is 14.4 Å². The first-order valence-corrected chi connectivity index (χ1v) is 15.1. The van der Waals surface area contributed by atoms with Gasteiger partial charge in [0.15, 0.2) is 0 Å². The Kier molecular flexibility index (Phi) is 9.44. The Morgan fingerprint density at radius 2 is 1.76 bits per heavy atom. The molecule has 3 saturated heterocycles. The molecule has 8 heteroatoms. The molecule has 3 aliphatic heterocycles. The molecular formula is C33H47N3O5. The summed E-state index contributed by atoms with van der Waals surface area (Å²) >= 11 is 0. The minimum Gasteiger partial charge on any atom is -0.394 e. The maximum Gasteiger partial charge on any atom is 0.249 e. The van der Waals surface area contributed by atoms with Crippen LogP contribution in [0.5, 0.6) is 0 Å². The molecule has 4 rings (SSSR count). The third kappa shape index (κ3) is 5.14. The molecular weight excluding hydrogens is 518 g/mol. The van der Waals surface area contributed by atoms with Gasteiger partial charge in [-0.05, 0) is 37.2 Å². The first kappa shape index (κ1) is 31.0. The molecule has 0 saturated carbocycles. The van der Waals surface area contributed by atoms with Crippen molar-refractivity contribution < 1.29 is 24.2 Å². The Morgan fingerprint density at radius 3 is 2.32 bits per heavy atom. The molecule has 2 unspecified atom stereocenters. The first-order valence-electron chi connectivity index (χ1n) is 15.1. The lowest BCUT2D eigenvalue weighted by atomic mass is 9.64. The summed E-state index contributed by atoms with van der Waals surface area (Å²) < 4.78 is 6.96. The molecule has 0 radical (unpaired) electrons. The van der Waals surface area contributed by atoms with Crippen molar-refractivity contribution in [2.75, 3.05) is 26.2 Å². The molecule has 3 aliphatic rings. The standard InChI is InChI=1S/C33H47N3O5/c1-7-18-34(19-8-2)29(38)26-27-30(39)36(25(22-37)23(5)6)28(33(27)17-16-32(26,10-4)41-33)31(40)35(20-9-3)21-24-14-12-11-13-15-24/h7,9,11-15,23,25-28,37H,1,3,8,10,16-22H2,2,4-6H3/t25-,26+,27-,28?,32-,33?/m0/s1. The summed E-state index contributed by atoms with van der Waals surface area (Å²) in [4.78, 5) is 48.6. The van der Waals surface area contributed by atoms with E-state index in [2.05, 4.69) is 13.2 Å². The Balaban J connectivity index is 1.84. The van der Waals surface area contributed by atoms with Crippen LogP contribution >= 0.6 is 0 Å². The molecule has 0 aromatic heterocycles. The SMILES string of the molecule is C=CCN(Cc1ccccc1)C(=O)C1N([C@@H](CO)C(C)C)C(=O)[C@@H]2[C@H](C(=O)N(CC=C)CCC)[C@]3(CC)CCC12O3. The summed E-state index contributed by atoms with van der Waals surface area (Å²) in [6.07, 6.45) is 5.85. The molecule has 8 nitrogen and oxygen atoms in total. The normalized spacial score (nSPS) is 29.0. The molecule has 41 heavy (non-hydrogen) atoms. The highest BCUT2D eigenvalue weighted by atomic mass is 16.5. The van der Waals surface area contributed by atoms with E-state index in [1.165, 1.54) is 0 Å². The second-order valence-electron chi connectivity index (χ2n) is 12.1. The fourth-order valence-corrected chi connectivity index (χ4v) is 7.57. The quantitative estimate of drug-likeness (QED) is 0.347. The van der Waals surface area contributed by atoms with Crippen LogP contribution in [0.15, 0.2) is 55.6 Å². The van der Waals surface area contributed by atoms with Gasteiger partial charge in [-0.25, -0.2) is 0 Å². The van der Waals surface area contributed by atoms with Crippen LogP contribution in [0.25, 0.3) is 0 Å². The summed E-state index contributed by atoms with van der Waals surface area (Å²) in [7, 11) is 0. The average Bonchev–Trinajstić information content (AvgIpc) is 3.57. The lowest BCUT2D eigenvalue weighted by molar-refractivity contribution is -0.159. The Hall–Kier alpha value is -2.97. The van der Waals surface area contributed by atoms with Crippen LogP contribution in [-0.2, 0) is 25.7 Å². The highest BCUT2D eigenvalue weighted by Crippen LogP contribution is 2.65. The van der Waals surface area contributed by atoms with Gasteiger partial charge in [-0.15, -0.1) is 13.2 Å². The maximum absolute atomic E-state index is 14.7. The second-order valence-corrected chi connectivity index (χ2v) is 12.1. The number of carbonyl (C=O) groups excluding carboxylic acids is 3. The largest absolute Gasteiger partial charge is 0.394 e. The molecule has 3 heterocycles. The van der Waals surface area contributed by atoms with Crippen LogP contribution in [0, 0.1) is 17.8 Å². The van der Waals surface area contributed by atoms with Gasteiger partial charge in [0.05, 0.1) is 30.1 Å². The molecule has 0 aliphatic carbocycles. The van der Waals surface area contributed by atoms with Gasteiger partial charge < -0.3 is 24.5 Å². The van der Waals surface area contributed by atoms with Crippen LogP contribution in [-0.4, -0.2) is 87.1 Å². The van der Waals surface area contributed by atoms with E-state index in [0.29, 0.717) is 45.4 Å². The predicted octanol–water partition coefficient (Wildman–Crippen LogP) is 3.80. The fraction of sp³-hybridized carbons (Fsp3) is 0.606. The van der Waals surface area contributed by atoms with E-state index in [0.717, 1.165) is 12.0 Å². The highest BCUT2D eigenvalue weighted by molar-refractivity contribution is 5.99. The zero-order valence-electron chi connectivity index (χ0n) is 25.1. The number of amides is 3. The predicted molar refractivity (Wildman–Crippen MR) is 159 cm³/mol. The number of rotatable bonds is 14. The summed E-state index contributed by atoms with van der Waals surface area (Å²) in [6.45, 7) is 16.9. The van der Waals surface area contributed by atoms with Crippen molar-refractivity contribution in [2.45, 2.75) is 83.2 Å². The van der Waals surface area contributed by atoms with Crippen molar-refractivity contribution in [3.05, 3.63) is 61.2 Å². The number of aliphatic hydroxyl groups is 1. The van der Waals surface area contributed by atoms with Gasteiger partial charge in [0.2, 0.25) is 17.7 Å². The molecule has 224 valence electrons. The topological polar surface area (TPSA) is 90.4 Å². The van der Waals surface area contributed by atoms with Gasteiger partial charge in [-0.2, -0.15) is 0 Å². The van der Waals surface area contributed by atoms with Crippen LogP contribution in [0.1, 0.15) is 58.9 Å². The molecule has 1 aromatic carbocycles. The number of carbonyl (C=O) groups is 3. The van der Waals surface area contributed by atoms with E-state index >= 15 is 0 Å². The highest BCUT2D eigenvalue weighted by Gasteiger charge is 2.79. The number of likely N-dealkylation sites (tertiary alicyclic amines) is 1. The van der Waals surface area contributed by atoms with Gasteiger partial charge in [-0.1, -0.05) is 70.2 Å². The third-order valence-corrected chi connectivity index (χ3v) is 9.46. The van der Waals surface area contributed by atoms with Gasteiger partial charge in [0.25, 0.3) is 0 Å². The molecule has 6 atom stereocenters. The van der Waals surface area contributed by atoms with E-state index in [4.69, 9.17) is 4.74 Å². The monoisotopic (exact) mass is 565 g/mol. The number of aliphatic hydroxyl groups excluding tert-OH is 1. The summed E-state index contributed by atoms with van der Waals surface area (Å²) in [6, 6.07) is 8.18. The van der Waals surface area contributed by atoms with Crippen LogP contribution < -0.4 is 0 Å². The van der Waals surface area contributed by atoms with Crippen molar-refractivity contribution in [2.24, 2.45) is 17.8 Å². The number of benzene rings is 1. The third-order valence-electron chi connectivity index (χ3n) is 9.46. The minimum atomic E-state index is -1.14. The maximum atomic E-state index is 14.7. The van der Waals surface area contributed by atoms with Crippen LogP contribution in [0.3, 0.4) is 0 Å². The Morgan fingerprint density at radius 1 is 1.10 bits per heavy atom. The lowest BCUT2D eigenvalue weighted by Crippen LogP contribution is -2.59. The molecule has 1 aromatic rings. The van der Waals surface area contributed by atoms with E-state index in [1.54, 1.807) is 26.9 Å². The van der Waals surface area contributed by atoms with Gasteiger partial charge in [0, 0.05) is 26.2 Å². The Labute approximate surface area is 245 Å². The molecule has 3 fully saturated rings. The smallest absolute Gasteiger partial charge is 0.249 e.